The maximum absolute atomic E-state index is 15.7. The van der Waals surface area contributed by atoms with Gasteiger partial charge < -0.3 is 20.4 Å². The van der Waals surface area contributed by atoms with Gasteiger partial charge in [-0.15, -0.1) is 0 Å². The van der Waals surface area contributed by atoms with Crippen LogP contribution in [-0.4, -0.2) is 45.2 Å². The van der Waals surface area contributed by atoms with Gasteiger partial charge in [-0.1, -0.05) is 159 Å². The van der Waals surface area contributed by atoms with E-state index in [1.54, 1.807) is 0 Å². The van der Waals surface area contributed by atoms with E-state index in [1.165, 1.54) is 0 Å². The van der Waals surface area contributed by atoms with Crippen molar-refractivity contribution in [3.63, 3.8) is 0 Å². The molecule has 5 aromatic carbocycles. The number of carbonyl (C=O) groups is 2. The van der Waals surface area contributed by atoms with Gasteiger partial charge in [0.05, 0.1) is 24.3 Å². The van der Waals surface area contributed by atoms with Crippen molar-refractivity contribution in [2.45, 2.75) is 90.0 Å². The molecule has 3 N–H and O–H groups in total. The fraction of sp³-hybridized carbons (Fsp3) is 0.382. The quantitative estimate of drug-likeness (QED) is 0.102. The van der Waals surface area contributed by atoms with Gasteiger partial charge in [0.1, 0.15) is 0 Å². The summed E-state index contributed by atoms with van der Waals surface area (Å²) in [5.74, 6) is 0.154. The summed E-state index contributed by atoms with van der Waals surface area (Å²) in [6.45, 7) is 7.20. The van der Waals surface area contributed by atoms with Gasteiger partial charge in [0, 0.05) is 33.9 Å². The molecule has 61 heavy (non-hydrogen) atoms. The van der Waals surface area contributed by atoms with Crippen LogP contribution in [0.5, 0.6) is 0 Å². The number of aliphatic hydroxyl groups is 2. The van der Waals surface area contributed by atoms with Crippen LogP contribution in [-0.2, 0) is 6.54 Å². The average molecular weight is 811 g/mol. The minimum Gasteiger partial charge on any atom is -0.393 e. The van der Waals surface area contributed by atoms with Gasteiger partial charge >= 0.3 is 6.03 Å². The number of rotatable bonds is 9. The van der Waals surface area contributed by atoms with Gasteiger partial charge in [0.25, 0.3) is 0 Å². The Balaban J connectivity index is 1.06. The van der Waals surface area contributed by atoms with Crippen LogP contribution in [0.4, 0.5) is 4.79 Å². The van der Waals surface area contributed by atoms with Gasteiger partial charge in [-0.25, -0.2) is 4.79 Å². The molecule has 9 unspecified atom stereocenters. The lowest BCUT2D eigenvalue weighted by molar-refractivity contribution is -0.174. The number of allylic oxidation sites excluding steroid dienone is 4. The Labute approximate surface area is 360 Å². The number of aliphatic hydroxyl groups excluding tert-OH is 1. The summed E-state index contributed by atoms with van der Waals surface area (Å²) in [7, 11) is 0. The lowest BCUT2D eigenvalue weighted by Crippen LogP contribution is -2.67. The van der Waals surface area contributed by atoms with Crippen molar-refractivity contribution in [3.05, 3.63) is 168 Å². The van der Waals surface area contributed by atoms with Crippen LogP contribution >= 0.6 is 0 Å². The number of amides is 2. The standard InChI is InChI=1S/C55H58N2O4/c1-37(38-15-6-4-7-16-38)56-50(60)57(35-41-21-14-20-39-19-10-11-22-43(39)41)36-54(61)30-27-48-52(54,3)29-26-47-51(2)28-25-42(58)33-53(51)31-32-55(47,48)46(34-53)49(59)45-24-13-12-23-44(45)40-17-8-5-9-18-40/h4-24,31-32,34,37,42,47-48,58,61H,25-30,33,35-36H2,1-3H3,(H,56,60). The maximum atomic E-state index is 15.7. The number of nitrogens with zero attached hydrogens (tertiary/aromatic N) is 1. The highest BCUT2D eigenvalue weighted by Crippen LogP contribution is 2.78. The van der Waals surface area contributed by atoms with Crippen LogP contribution in [0.25, 0.3) is 21.9 Å². The van der Waals surface area contributed by atoms with Crippen molar-refractivity contribution in [1.82, 2.24) is 10.2 Å². The van der Waals surface area contributed by atoms with E-state index in [0.717, 1.165) is 70.7 Å². The molecule has 11 rings (SSSR count). The fourth-order valence-corrected chi connectivity index (χ4v) is 13.5. The maximum Gasteiger partial charge on any atom is 0.318 e. The highest BCUT2D eigenvalue weighted by Gasteiger charge is 2.74. The Kier molecular flexibility index (Phi) is 9.57. The fourth-order valence-electron chi connectivity index (χ4n) is 13.5. The number of fused-ring (bicyclic) bond motifs is 2. The number of hydrogen-bond acceptors (Lipinski definition) is 4. The molecule has 6 heteroatoms. The third-order valence-electron chi connectivity index (χ3n) is 16.8. The Morgan fingerprint density at radius 1 is 0.754 bits per heavy atom. The van der Waals surface area contributed by atoms with E-state index in [4.69, 9.17) is 0 Å². The van der Waals surface area contributed by atoms with Crippen LogP contribution in [0.1, 0.15) is 93.2 Å². The molecule has 0 saturated heterocycles. The molecule has 6 aliphatic rings. The zero-order chi connectivity index (χ0) is 42.2. The molecule has 3 fully saturated rings. The Morgan fingerprint density at radius 3 is 2.21 bits per heavy atom. The van der Waals surface area contributed by atoms with Crippen molar-refractivity contribution in [2.24, 2.45) is 33.5 Å². The largest absolute Gasteiger partial charge is 0.393 e. The Morgan fingerprint density at radius 2 is 1.41 bits per heavy atom. The molecule has 312 valence electrons. The predicted molar refractivity (Wildman–Crippen MR) is 243 cm³/mol. The number of Topliss-reactive ketones (excluding diaryl/α,β-unsaturated/α-hetero) is 1. The zero-order valence-electron chi connectivity index (χ0n) is 35.7. The van der Waals surface area contributed by atoms with Crippen molar-refractivity contribution in [2.75, 3.05) is 6.54 Å². The molecular formula is C55H58N2O4. The summed E-state index contributed by atoms with van der Waals surface area (Å²) >= 11 is 0. The lowest BCUT2D eigenvalue weighted by Gasteiger charge is -2.71. The molecule has 0 radical (unpaired) electrons. The highest BCUT2D eigenvalue weighted by atomic mass is 16.3. The van der Waals surface area contributed by atoms with Crippen LogP contribution in [0.3, 0.4) is 0 Å². The summed E-state index contributed by atoms with van der Waals surface area (Å²) in [5.41, 5.74) is 2.43. The van der Waals surface area contributed by atoms with Crippen molar-refractivity contribution in [3.8, 4) is 11.1 Å². The second kappa shape index (κ2) is 14.7. The number of ketones is 1. The van der Waals surface area contributed by atoms with E-state index >= 15 is 4.79 Å². The van der Waals surface area contributed by atoms with E-state index in [2.05, 4.69) is 79.9 Å². The third-order valence-corrected chi connectivity index (χ3v) is 16.8. The summed E-state index contributed by atoms with van der Waals surface area (Å²) in [5, 5.41) is 30.3. The van der Waals surface area contributed by atoms with E-state index in [0.29, 0.717) is 24.9 Å². The summed E-state index contributed by atoms with van der Waals surface area (Å²) in [6.07, 6.45) is 11.7. The van der Waals surface area contributed by atoms with Crippen LogP contribution in [0.15, 0.2) is 151 Å². The Hall–Kier alpha value is -5.30. The number of benzene rings is 5. The van der Waals surface area contributed by atoms with Gasteiger partial charge in [-0.3, -0.25) is 4.79 Å². The molecule has 2 amide bonds. The van der Waals surface area contributed by atoms with Crippen LogP contribution in [0, 0.1) is 33.5 Å². The van der Waals surface area contributed by atoms with Crippen molar-refractivity contribution >= 4 is 22.6 Å². The van der Waals surface area contributed by atoms with E-state index in [-0.39, 0.29) is 41.7 Å². The predicted octanol–water partition coefficient (Wildman–Crippen LogP) is 11.3. The summed E-state index contributed by atoms with van der Waals surface area (Å²) < 4.78 is 0. The van der Waals surface area contributed by atoms with E-state index in [9.17, 15) is 15.0 Å². The van der Waals surface area contributed by atoms with Crippen molar-refractivity contribution in [1.29, 1.82) is 0 Å². The molecule has 2 bridgehead atoms. The first-order chi connectivity index (χ1) is 29.4. The number of hydrogen-bond donors (Lipinski definition) is 3. The van der Waals surface area contributed by atoms with Crippen LogP contribution in [0.2, 0.25) is 0 Å². The van der Waals surface area contributed by atoms with Gasteiger partial charge in [0.15, 0.2) is 5.78 Å². The minimum atomic E-state index is -1.23. The molecule has 0 aliphatic heterocycles. The molecule has 6 aliphatic carbocycles. The number of urea groups is 1. The first-order valence-electron chi connectivity index (χ1n) is 22.5. The normalized spacial score (nSPS) is 32.6. The molecule has 9 atom stereocenters. The second-order valence-electron chi connectivity index (χ2n) is 19.6. The first kappa shape index (κ1) is 39.8. The third kappa shape index (κ3) is 6.03. The number of carbonyl (C=O) groups excluding carboxylic acids is 2. The number of nitrogens with one attached hydrogen (secondary N) is 1. The molecule has 5 aromatic rings. The lowest BCUT2D eigenvalue weighted by atomic mass is 9.32. The molecule has 2 spiro atoms. The summed E-state index contributed by atoms with van der Waals surface area (Å²) in [4.78, 5) is 32.2. The molecule has 3 saturated carbocycles. The smallest absolute Gasteiger partial charge is 0.318 e. The molecule has 6 nitrogen and oxygen atoms in total. The Bertz CT molecular complexity index is 2560. The van der Waals surface area contributed by atoms with Gasteiger partial charge in [-0.2, -0.15) is 0 Å². The van der Waals surface area contributed by atoms with Gasteiger partial charge in [-0.05, 0) is 102 Å². The topological polar surface area (TPSA) is 89.9 Å². The molecule has 0 aromatic heterocycles. The second-order valence-corrected chi connectivity index (χ2v) is 19.6. The zero-order valence-corrected chi connectivity index (χ0v) is 35.7. The van der Waals surface area contributed by atoms with Crippen LogP contribution < -0.4 is 5.32 Å². The summed E-state index contributed by atoms with van der Waals surface area (Å²) in [6, 6.07) is 42.3. The first-order valence-corrected chi connectivity index (χ1v) is 22.5. The van der Waals surface area contributed by atoms with E-state index < -0.39 is 27.9 Å². The SMILES string of the molecule is CC(NC(=O)N(Cc1cccc2ccccc12)CC1(O)CCC2C34C=CC5(C=C3C(=O)c3ccccc3-c3ccccc3)CC(O)CCC5(C)C4CCC21C)c1ccccc1. The average Bonchev–Trinajstić information content (AvgIpc) is 3.56. The minimum absolute atomic E-state index is 0.0434. The monoisotopic (exact) mass is 810 g/mol. The molecular weight excluding hydrogens is 753 g/mol. The molecule has 0 heterocycles. The van der Waals surface area contributed by atoms with Gasteiger partial charge in [0.2, 0.25) is 0 Å². The highest BCUT2D eigenvalue weighted by molar-refractivity contribution is 6.14. The van der Waals surface area contributed by atoms with E-state index in [1.807, 2.05) is 96.8 Å². The van der Waals surface area contributed by atoms with Crippen molar-refractivity contribution < 1.29 is 19.8 Å².